The lowest BCUT2D eigenvalue weighted by molar-refractivity contribution is 0.0738. The number of fused-ring (bicyclic) bond motifs is 2. The van der Waals surface area contributed by atoms with Crippen LogP contribution in [0.15, 0.2) is 4.99 Å². The highest BCUT2D eigenvalue weighted by molar-refractivity contribution is 14.0. The Morgan fingerprint density at radius 1 is 1.29 bits per heavy atom. The van der Waals surface area contributed by atoms with Gasteiger partial charge in [0, 0.05) is 25.7 Å². The minimum Gasteiger partial charge on any atom is -0.373 e. The summed E-state index contributed by atoms with van der Waals surface area (Å²) in [5, 5.41) is 7.13. The van der Waals surface area contributed by atoms with Crippen molar-refractivity contribution in [2.45, 2.75) is 76.7 Å². The third-order valence-electron chi connectivity index (χ3n) is 5.85. The summed E-state index contributed by atoms with van der Waals surface area (Å²) in [5.74, 6) is 1.73. The minimum absolute atomic E-state index is 0. The third kappa shape index (κ3) is 4.75. The number of aliphatic imine (C=N–C) groups is 1. The largest absolute Gasteiger partial charge is 0.373 e. The Kier molecular flexibility index (Phi) is 7.20. The summed E-state index contributed by atoms with van der Waals surface area (Å²) in [4.78, 5) is 7.05. The van der Waals surface area contributed by atoms with Crippen molar-refractivity contribution < 1.29 is 4.74 Å². The van der Waals surface area contributed by atoms with Crippen molar-refractivity contribution in [1.82, 2.24) is 15.5 Å². The Bertz CT molecular complexity index is 443. The van der Waals surface area contributed by atoms with Crippen LogP contribution in [-0.4, -0.2) is 61.3 Å². The van der Waals surface area contributed by atoms with Crippen molar-refractivity contribution >= 4 is 29.9 Å². The second-order valence-corrected chi connectivity index (χ2v) is 8.29. The molecule has 2 N–H and O–H groups in total. The van der Waals surface area contributed by atoms with Gasteiger partial charge in [-0.2, -0.15) is 0 Å². The molecule has 3 fully saturated rings. The molecule has 4 unspecified atom stereocenters. The topological polar surface area (TPSA) is 48.9 Å². The quantitative estimate of drug-likeness (QED) is 0.393. The maximum atomic E-state index is 5.93. The first-order valence-electron chi connectivity index (χ1n) is 9.35. The van der Waals surface area contributed by atoms with Crippen molar-refractivity contribution in [3.8, 4) is 0 Å². The first-order valence-corrected chi connectivity index (χ1v) is 9.35. The molecule has 140 valence electrons. The number of guanidine groups is 1. The fourth-order valence-electron chi connectivity index (χ4n) is 4.31. The lowest BCUT2D eigenvalue weighted by atomic mass is 9.93. The number of likely N-dealkylation sites (tertiary alicyclic amines) is 1. The third-order valence-corrected chi connectivity index (χ3v) is 5.85. The molecule has 4 atom stereocenters. The number of hydrogen-bond acceptors (Lipinski definition) is 3. The average molecular weight is 450 g/mol. The van der Waals surface area contributed by atoms with Crippen LogP contribution in [0.25, 0.3) is 0 Å². The molecule has 0 amide bonds. The van der Waals surface area contributed by atoms with Gasteiger partial charge in [-0.05, 0) is 58.4 Å². The molecule has 0 aliphatic carbocycles. The van der Waals surface area contributed by atoms with E-state index in [-0.39, 0.29) is 29.5 Å². The Morgan fingerprint density at radius 3 is 2.67 bits per heavy atom. The van der Waals surface area contributed by atoms with E-state index in [0.717, 1.165) is 24.8 Å². The highest BCUT2D eigenvalue weighted by atomic mass is 127. The SMILES string of the molecule is CN=C(NCC(C)(C)N1CCCC(C)C1)NC1CC2CCC1O2.I. The normalized spacial score (nSPS) is 34.1. The van der Waals surface area contributed by atoms with E-state index < -0.39 is 0 Å². The minimum atomic E-state index is 0. The Morgan fingerprint density at radius 2 is 2.08 bits per heavy atom. The van der Waals surface area contributed by atoms with Crippen molar-refractivity contribution in [2.24, 2.45) is 10.9 Å². The fourth-order valence-corrected chi connectivity index (χ4v) is 4.31. The summed E-state index contributed by atoms with van der Waals surface area (Å²) in [6.45, 7) is 10.4. The molecule has 0 radical (unpaired) electrons. The van der Waals surface area contributed by atoms with Crippen LogP contribution in [-0.2, 0) is 4.74 Å². The molecule has 3 saturated heterocycles. The van der Waals surface area contributed by atoms with E-state index >= 15 is 0 Å². The van der Waals surface area contributed by atoms with Gasteiger partial charge in [-0.3, -0.25) is 9.89 Å². The van der Waals surface area contributed by atoms with E-state index in [9.17, 15) is 0 Å². The van der Waals surface area contributed by atoms with Crippen LogP contribution >= 0.6 is 24.0 Å². The van der Waals surface area contributed by atoms with E-state index in [1.54, 1.807) is 0 Å². The molecule has 0 saturated carbocycles. The van der Waals surface area contributed by atoms with Gasteiger partial charge < -0.3 is 15.4 Å². The van der Waals surface area contributed by atoms with Crippen LogP contribution in [0.2, 0.25) is 0 Å². The van der Waals surface area contributed by atoms with Crippen LogP contribution in [0.3, 0.4) is 0 Å². The van der Waals surface area contributed by atoms with Crippen LogP contribution in [0.1, 0.15) is 52.9 Å². The number of hydrogen-bond donors (Lipinski definition) is 2. The lowest BCUT2D eigenvalue weighted by Gasteiger charge is -2.43. The first kappa shape index (κ1) is 20.2. The van der Waals surface area contributed by atoms with Crippen molar-refractivity contribution in [3.05, 3.63) is 0 Å². The molecule has 3 heterocycles. The number of rotatable bonds is 4. The number of ether oxygens (including phenoxy) is 1. The van der Waals surface area contributed by atoms with E-state index in [0.29, 0.717) is 18.2 Å². The molecular formula is C18H35IN4O. The van der Waals surface area contributed by atoms with Crippen LogP contribution in [0.5, 0.6) is 0 Å². The predicted octanol–water partition coefficient (Wildman–Crippen LogP) is 2.60. The molecule has 3 rings (SSSR count). The molecule has 0 aromatic heterocycles. The van der Waals surface area contributed by atoms with E-state index in [1.165, 1.54) is 38.8 Å². The highest BCUT2D eigenvalue weighted by Crippen LogP contribution is 2.34. The molecule has 3 aliphatic rings. The summed E-state index contributed by atoms with van der Waals surface area (Å²) in [6.07, 6.45) is 7.09. The molecular weight excluding hydrogens is 415 g/mol. The molecule has 2 bridgehead atoms. The van der Waals surface area contributed by atoms with Gasteiger partial charge >= 0.3 is 0 Å². The Balaban J connectivity index is 0.00000208. The van der Waals surface area contributed by atoms with Gasteiger partial charge in [-0.1, -0.05) is 6.92 Å². The number of nitrogens with zero attached hydrogens (tertiary/aromatic N) is 2. The first-order chi connectivity index (χ1) is 11.0. The van der Waals surface area contributed by atoms with Gasteiger partial charge in [-0.25, -0.2) is 0 Å². The van der Waals surface area contributed by atoms with Crippen molar-refractivity contribution in [3.63, 3.8) is 0 Å². The fraction of sp³-hybridized carbons (Fsp3) is 0.944. The van der Waals surface area contributed by atoms with Crippen LogP contribution < -0.4 is 10.6 Å². The number of halogens is 1. The standard InChI is InChI=1S/C18H34N4O.HI/c1-13-6-5-9-22(11-13)18(2,3)12-20-17(19-4)21-15-10-14-7-8-16(15)23-14;/h13-16H,5-12H2,1-4H3,(H2,19,20,21);1H. The molecule has 24 heavy (non-hydrogen) atoms. The van der Waals surface area contributed by atoms with E-state index in [2.05, 4.69) is 41.3 Å². The van der Waals surface area contributed by atoms with Crippen LogP contribution in [0.4, 0.5) is 0 Å². The lowest BCUT2D eigenvalue weighted by Crippen LogP contribution is -2.57. The molecule has 0 aromatic rings. The Hall–Kier alpha value is -0.0800. The summed E-state index contributed by atoms with van der Waals surface area (Å²) >= 11 is 0. The van der Waals surface area contributed by atoms with Gasteiger partial charge in [0.15, 0.2) is 5.96 Å². The summed E-state index contributed by atoms with van der Waals surface area (Å²) < 4.78 is 5.93. The molecule has 3 aliphatic heterocycles. The second-order valence-electron chi connectivity index (χ2n) is 8.29. The molecule has 5 nitrogen and oxygen atoms in total. The molecule has 0 aromatic carbocycles. The van der Waals surface area contributed by atoms with E-state index in [4.69, 9.17) is 4.74 Å². The van der Waals surface area contributed by atoms with E-state index in [1.807, 2.05) is 7.05 Å². The summed E-state index contributed by atoms with van der Waals surface area (Å²) in [7, 11) is 1.86. The molecule has 6 heteroatoms. The zero-order valence-corrected chi connectivity index (χ0v) is 18.0. The second kappa shape index (κ2) is 8.54. The summed E-state index contributed by atoms with van der Waals surface area (Å²) in [6, 6.07) is 0.429. The zero-order valence-electron chi connectivity index (χ0n) is 15.7. The van der Waals surface area contributed by atoms with Gasteiger partial charge in [0.2, 0.25) is 0 Å². The van der Waals surface area contributed by atoms with Gasteiger partial charge in [0.25, 0.3) is 0 Å². The van der Waals surface area contributed by atoms with Crippen molar-refractivity contribution in [2.75, 3.05) is 26.7 Å². The average Bonchev–Trinajstić information content (AvgIpc) is 3.14. The summed E-state index contributed by atoms with van der Waals surface area (Å²) in [5.41, 5.74) is 0.150. The smallest absolute Gasteiger partial charge is 0.191 e. The van der Waals surface area contributed by atoms with Gasteiger partial charge in [-0.15, -0.1) is 24.0 Å². The van der Waals surface area contributed by atoms with Crippen molar-refractivity contribution in [1.29, 1.82) is 0 Å². The zero-order chi connectivity index (χ0) is 16.4. The number of piperidine rings is 1. The molecule has 0 spiro atoms. The Labute approximate surface area is 164 Å². The maximum absolute atomic E-state index is 5.93. The number of nitrogens with one attached hydrogen (secondary N) is 2. The van der Waals surface area contributed by atoms with Crippen LogP contribution in [0, 0.1) is 5.92 Å². The van der Waals surface area contributed by atoms with Gasteiger partial charge in [0.1, 0.15) is 0 Å². The monoisotopic (exact) mass is 450 g/mol. The van der Waals surface area contributed by atoms with Gasteiger partial charge in [0.05, 0.1) is 18.2 Å². The maximum Gasteiger partial charge on any atom is 0.191 e. The highest BCUT2D eigenvalue weighted by Gasteiger charge is 2.41. The predicted molar refractivity (Wildman–Crippen MR) is 110 cm³/mol.